The van der Waals surface area contributed by atoms with Gasteiger partial charge in [-0.2, -0.15) is 0 Å². The summed E-state index contributed by atoms with van der Waals surface area (Å²) in [5.41, 5.74) is 4.02. The predicted molar refractivity (Wildman–Crippen MR) is 92.4 cm³/mol. The van der Waals surface area contributed by atoms with Crippen LogP contribution in [0.4, 0.5) is 0 Å². The van der Waals surface area contributed by atoms with E-state index in [4.69, 9.17) is 0 Å². The second kappa shape index (κ2) is 3.93. The van der Waals surface area contributed by atoms with E-state index in [0.717, 1.165) is 33.4 Å². The Morgan fingerprint density at radius 3 is 2.65 bits per heavy atom. The van der Waals surface area contributed by atoms with Gasteiger partial charge in [-0.15, -0.1) is 0 Å². The van der Waals surface area contributed by atoms with Gasteiger partial charge in [0.1, 0.15) is 11.6 Å². The molecule has 3 heteroatoms. The zero-order chi connectivity index (χ0) is 15.8. The van der Waals surface area contributed by atoms with E-state index in [9.17, 15) is 5.11 Å². The number of rotatable bonds is 0. The summed E-state index contributed by atoms with van der Waals surface area (Å²) in [5, 5.41) is 13.0. The van der Waals surface area contributed by atoms with Gasteiger partial charge in [0.15, 0.2) is 0 Å². The van der Waals surface area contributed by atoms with Crippen molar-refractivity contribution >= 4 is 21.8 Å². The van der Waals surface area contributed by atoms with Crippen LogP contribution in [0.25, 0.3) is 27.6 Å². The van der Waals surface area contributed by atoms with Crippen LogP contribution in [-0.4, -0.2) is 14.7 Å². The van der Waals surface area contributed by atoms with Crippen LogP contribution in [0, 0.1) is 0 Å². The summed E-state index contributed by atoms with van der Waals surface area (Å²) < 4.78 is 2.19. The molecule has 0 saturated heterocycles. The van der Waals surface area contributed by atoms with Crippen molar-refractivity contribution in [1.29, 1.82) is 0 Å². The number of benzene rings is 2. The smallest absolute Gasteiger partial charge is 0.141 e. The van der Waals surface area contributed by atoms with Crippen LogP contribution in [0.2, 0.25) is 0 Å². The minimum absolute atomic E-state index is 0.294. The first-order valence-electron chi connectivity index (χ1n) is 7.82. The first-order chi connectivity index (χ1) is 11.1. The topological polar surface area (TPSA) is 38.0 Å². The summed E-state index contributed by atoms with van der Waals surface area (Å²) in [5.74, 6) is 1.31. The molecule has 3 nitrogen and oxygen atoms in total. The molecule has 3 heterocycles. The molecule has 0 amide bonds. The fourth-order valence-electron chi connectivity index (χ4n) is 4.08. The SMILES string of the molecule is CC1(C)c2cccnc2-n2c3ccccc3c3ccc(O)c1c32. The lowest BCUT2D eigenvalue weighted by atomic mass is 9.75. The molecule has 0 atom stereocenters. The van der Waals surface area contributed by atoms with E-state index in [1.54, 1.807) is 0 Å². The Bertz CT molecular complexity index is 1110. The highest BCUT2D eigenvalue weighted by Crippen LogP contribution is 2.49. The normalized spacial score (nSPS) is 15.0. The summed E-state index contributed by atoms with van der Waals surface area (Å²) in [6.45, 7) is 4.31. The van der Waals surface area contributed by atoms with Crippen molar-refractivity contribution in [1.82, 2.24) is 9.55 Å². The van der Waals surface area contributed by atoms with E-state index in [2.05, 4.69) is 47.7 Å². The fourth-order valence-corrected chi connectivity index (χ4v) is 4.08. The van der Waals surface area contributed by atoms with Crippen LogP contribution in [0.1, 0.15) is 25.0 Å². The minimum Gasteiger partial charge on any atom is -0.508 e. The van der Waals surface area contributed by atoms with Crippen molar-refractivity contribution in [2.75, 3.05) is 0 Å². The average molecular weight is 300 g/mol. The molecule has 23 heavy (non-hydrogen) atoms. The molecule has 0 radical (unpaired) electrons. The molecule has 0 aliphatic carbocycles. The first-order valence-corrected chi connectivity index (χ1v) is 7.82. The van der Waals surface area contributed by atoms with Gasteiger partial charge in [0, 0.05) is 33.5 Å². The molecule has 0 fully saturated rings. The Hall–Kier alpha value is -2.81. The van der Waals surface area contributed by atoms with E-state index in [-0.39, 0.29) is 5.41 Å². The third-order valence-electron chi connectivity index (χ3n) is 5.11. The lowest BCUT2D eigenvalue weighted by Crippen LogP contribution is -2.27. The molecule has 1 N–H and O–H groups in total. The number of para-hydroxylation sites is 1. The number of hydrogen-bond donors (Lipinski definition) is 1. The standard InChI is InChI=1S/C20H16N2O/c1-20(2)14-7-5-11-21-19(14)22-15-8-4-3-6-12(15)13-9-10-16(23)17(20)18(13)22/h3-11,23H,1-2H3. The van der Waals surface area contributed by atoms with Gasteiger partial charge in [0.05, 0.1) is 11.0 Å². The molecule has 0 bridgehead atoms. The summed E-state index contributed by atoms with van der Waals surface area (Å²) in [4.78, 5) is 4.67. The maximum absolute atomic E-state index is 10.6. The largest absolute Gasteiger partial charge is 0.508 e. The van der Waals surface area contributed by atoms with Crippen LogP contribution in [0.5, 0.6) is 5.75 Å². The zero-order valence-electron chi connectivity index (χ0n) is 13.0. The molecule has 5 rings (SSSR count). The van der Waals surface area contributed by atoms with Gasteiger partial charge in [-0.25, -0.2) is 4.98 Å². The average Bonchev–Trinajstić information content (AvgIpc) is 2.88. The highest BCUT2D eigenvalue weighted by molar-refractivity contribution is 6.11. The number of phenols is 1. The molecule has 112 valence electrons. The quantitative estimate of drug-likeness (QED) is 0.518. The molecular formula is C20H16N2O. The van der Waals surface area contributed by atoms with Crippen LogP contribution in [0.15, 0.2) is 54.7 Å². The molecule has 0 unspecified atom stereocenters. The summed E-state index contributed by atoms with van der Waals surface area (Å²) in [6, 6.07) is 16.3. The number of aromatic nitrogens is 2. The van der Waals surface area contributed by atoms with Crippen LogP contribution >= 0.6 is 0 Å². The first kappa shape index (κ1) is 12.7. The lowest BCUT2D eigenvalue weighted by Gasteiger charge is -2.34. The van der Waals surface area contributed by atoms with Gasteiger partial charge in [0.2, 0.25) is 0 Å². The predicted octanol–water partition coefficient (Wildman–Crippen LogP) is 4.52. The molecule has 4 aromatic rings. The lowest BCUT2D eigenvalue weighted by molar-refractivity contribution is 0.453. The Balaban J connectivity index is 2.17. The maximum Gasteiger partial charge on any atom is 0.141 e. The van der Waals surface area contributed by atoms with E-state index < -0.39 is 0 Å². The van der Waals surface area contributed by atoms with Crippen molar-refractivity contribution in [3.05, 3.63) is 65.9 Å². The number of fused-ring (bicyclic) bond motifs is 5. The summed E-state index contributed by atoms with van der Waals surface area (Å²) in [6.07, 6.45) is 1.84. The van der Waals surface area contributed by atoms with Gasteiger partial charge in [0.25, 0.3) is 0 Å². The number of hydrogen-bond acceptors (Lipinski definition) is 2. The fraction of sp³-hybridized carbons (Fsp3) is 0.150. The Labute approximate surface area is 133 Å². The maximum atomic E-state index is 10.6. The van der Waals surface area contributed by atoms with E-state index in [1.807, 2.05) is 30.5 Å². The zero-order valence-corrected chi connectivity index (χ0v) is 13.0. The molecule has 1 aliphatic rings. The van der Waals surface area contributed by atoms with Gasteiger partial charge in [-0.3, -0.25) is 4.57 Å². The summed E-state index contributed by atoms with van der Waals surface area (Å²) in [7, 11) is 0. The Morgan fingerprint density at radius 2 is 1.78 bits per heavy atom. The molecular weight excluding hydrogens is 284 g/mol. The van der Waals surface area contributed by atoms with E-state index in [1.165, 1.54) is 5.39 Å². The third-order valence-corrected chi connectivity index (χ3v) is 5.11. The second-order valence-electron chi connectivity index (χ2n) is 6.71. The molecule has 1 aliphatic heterocycles. The van der Waals surface area contributed by atoms with Crippen molar-refractivity contribution in [3.8, 4) is 11.6 Å². The van der Waals surface area contributed by atoms with Gasteiger partial charge in [-0.05, 0) is 24.3 Å². The Morgan fingerprint density at radius 1 is 0.957 bits per heavy atom. The monoisotopic (exact) mass is 300 g/mol. The van der Waals surface area contributed by atoms with E-state index >= 15 is 0 Å². The van der Waals surface area contributed by atoms with Crippen molar-refractivity contribution in [3.63, 3.8) is 0 Å². The van der Waals surface area contributed by atoms with Crippen molar-refractivity contribution < 1.29 is 5.11 Å². The Kier molecular flexibility index (Phi) is 2.17. The van der Waals surface area contributed by atoms with Crippen LogP contribution in [-0.2, 0) is 5.41 Å². The van der Waals surface area contributed by atoms with Gasteiger partial charge < -0.3 is 5.11 Å². The molecule has 2 aromatic heterocycles. The molecule has 2 aromatic carbocycles. The summed E-state index contributed by atoms with van der Waals surface area (Å²) >= 11 is 0. The van der Waals surface area contributed by atoms with Gasteiger partial charge in [-0.1, -0.05) is 38.1 Å². The molecule has 0 saturated carbocycles. The van der Waals surface area contributed by atoms with Gasteiger partial charge >= 0.3 is 0 Å². The highest BCUT2D eigenvalue weighted by Gasteiger charge is 2.37. The minimum atomic E-state index is -0.294. The van der Waals surface area contributed by atoms with Crippen molar-refractivity contribution in [2.45, 2.75) is 19.3 Å². The van der Waals surface area contributed by atoms with Crippen LogP contribution < -0.4 is 0 Å². The number of aromatic hydroxyl groups is 1. The number of nitrogens with zero attached hydrogens (tertiary/aromatic N) is 2. The number of phenolic OH excluding ortho intramolecular Hbond substituents is 1. The van der Waals surface area contributed by atoms with Crippen molar-refractivity contribution in [2.24, 2.45) is 0 Å². The third kappa shape index (κ3) is 1.38. The molecule has 0 spiro atoms. The highest BCUT2D eigenvalue weighted by atomic mass is 16.3. The number of pyridine rings is 1. The van der Waals surface area contributed by atoms with Crippen LogP contribution in [0.3, 0.4) is 0 Å². The second-order valence-corrected chi connectivity index (χ2v) is 6.71. The van der Waals surface area contributed by atoms with E-state index in [0.29, 0.717) is 5.75 Å².